The third-order valence-electron chi connectivity index (χ3n) is 6.12. The lowest BCUT2D eigenvalue weighted by atomic mass is 9.97. The highest BCUT2D eigenvalue weighted by Crippen LogP contribution is 2.36. The first-order valence-electron chi connectivity index (χ1n) is 11.1. The van der Waals surface area contributed by atoms with E-state index in [1.165, 1.54) is 4.90 Å². The van der Waals surface area contributed by atoms with Crippen LogP contribution in [0.5, 0.6) is 5.75 Å². The van der Waals surface area contributed by atoms with Crippen LogP contribution in [-0.2, 0) is 9.59 Å². The molecule has 0 saturated carbocycles. The Kier molecular flexibility index (Phi) is 5.38. The van der Waals surface area contributed by atoms with Gasteiger partial charge in [0.05, 0.1) is 18.4 Å². The zero-order chi connectivity index (χ0) is 23.8. The zero-order valence-electron chi connectivity index (χ0n) is 19.3. The Morgan fingerprint density at radius 2 is 1.53 bits per heavy atom. The average Bonchev–Trinajstić information content (AvgIpc) is 3.08. The number of hydrogen-bond donors (Lipinski definition) is 1. The molecule has 5 rings (SSSR count). The van der Waals surface area contributed by atoms with Crippen LogP contribution >= 0.6 is 0 Å². The number of carbonyl (C=O) groups excluding carboxylic acids is 2. The van der Waals surface area contributed by atoms with Gasteiger partial charge in [-0.05, 0) is 60.7 Å². The third kappa shape index (κ3) is 3.61. The molecule has 168 valence electrons. The molecule has 34 heavy (non-hydrogen) atoms. The smallest absolute Gasteiger partial charge is 0.282 e. The number of nitrogens with zero attached hydrogens (tertiary/aromatic N) is 1. The molecule has 1 aliphatic rings. The van der Waals surface area contributed by atoms with Crippen LogP contribution in [0.3, 0.4) is 0 Å². The van der Waals surface area contributed by atoms with Crippen LogP contribution in [-0.4, -0.2) is 18.9 Å². The number of methoxy groups -OCH3 is 1. The number of benzene rings is 4. The Balaban J connectivity index is 1.66. The summed E-state index contributed by atoms with van der Waals surface area (Å²) in [7, 11) is 1.58. The predicted octanol–water partition coefficient (Wildman–Crippen LogP) is 5.86. The molecule has 4 aromatic rings. The van der Waals surface area contributed by atoms with E-state index in [2.05, 4.69) is 5.32 Å². The minimum absolute atomic E-state index is 0.268. The van der Waals surface area contributed by atoms with E-state index in [9.17, 15) is 9.59 Å². The van der Waals surface area contributed by atoms with Gasteiger partial charge in [-0.1, -0.05) is 60.2 Å². The summed E-state index contributed by atoms with van der Waals surface area (Å²) < 4.78 is 5.23. The molecule has 2 amide bonds. The Morgan fingerprint density at radius 3 is 2.26 bits per heavy atom. The predicted molar refractivity (Wildman–Crippen MR) is 136 cm³/mol. The highest BCUT2D eigenvalue weighted by Gasteiger charge is 2.40. The second kappa shape index (κ2) is 8.52. The fourth-order valence-corrected chi connectivity index (χ4v) is 4.42. The first kappa shape index (κ1) is 21.5. The molecule has 0 unspecified atom stereocenters. The quantitative estimate of drug-likeness (QED) is 0.389. The van der Waals surface area contributed by atoms with Gasteiger partial charge in [-0.15, -0.1) is 0 Å². The van der Waals surface area contributed by atoms with Gasteiger partial charge in [0, 0.05) is 11.1 Å². The molecule has 0 aliphatic carbocycles. The third-order valence-corrected chi connectivity index (χ3v) is 6.12. The molecule has 0 aromatic heterocycles. The standard InChI is InChI=1S/C29H24N2O3/c1-18-11-16-23(19(2)17-18)26-27(30-25-10-6-8-20-7-4-5-9-24(20)25)29(33)31(28(26)32)21-12-14-22(34-3)15-13-21/h4-17,30H,1-3H3. The second-order valence-electron chi connectivity index (χ2n) is 8.36. The van der Waals surface area contributed by atoms with E-state index in [0.717, 1.165) is 33.2 Å². The van der Waals surface area contributed by atoms with Gasteiger partial charge in [0.2, 0.25) is 0 Å². The fourth-order valence-electron chi connectivity index (χ4n) is 4.42. The maximum Gasteiger partial charge on any atom is 0.282 e. The van der Waals surface area contributed by atoms with Crippen molar-refractivity contribution in [1.29, 1.82) is 0 Å². The number of carbonyl (C=O) groups is 2. The number of rotatable bonds is 5. The number of hydrogen-bond acceptors (Lipinski definition) is 4. The SMILES string of the molecule is COc1ccc(N2C(=O)C(Nc3cccc4ccccc34)=C(c3ccc(C)cc3C)C2=O)cc1. The summed E-state index contributed by atoms with van der Waals surface area (Å²) in [5.41, 5.74) is 4.66. The molecule has 1 aliphatic heterocycles. The van der Waals surface area contributed by atoms with E-state index in [1.807, 2.05) is 74.5 Å². The normalized spacial score (nSPS) is 13.7. The van der Waals surface area contributed by atoms with Gasteiger partial charge in [0.15, 0.2) is 0 Å². The maximum atomic E-state index is 13.7. The van der Waals surface area contributed by atoms with E-state index in [-0.39, 0.29) is 11.6 Å². The first-order chi connectivity index (χ1) is 16.5. The van der Waals surface area contributed by atoms with Crippen molar-refractivity contribution < 1.29 is 14.3 Å². The lowest BCUT2D eigenvalue weighted by Crippen LogP contribution is -2.32. The number of nitrogens with one attached hydrogen (secondary N) is 1. The van der Waals surface area contributed by atoms with Gasteiger partial charge in [-0.3, -0.25) is 9.59 Å². The van der Waals surface area contributed by atoms with Crippen LogP contribution in [0.4, 0.5) is 11.4 Å². The zero-order valence-corrected chi connectivity index (χ0v) is 19.3. The molecule has 0 fully saturated rings. The van der Waals surface area contributed by atoms with Crippen molar-refractivity contribution in [2.24, 2.45) is 0 Å². The minimum Gasteiger partial charge on any atom is -0.497 e. The minimum atomic E-state index is -0.391. The highest BCUT2D eigenvalue weighted by atomic mass is 16.5. The Labute approximate surface area is 198 Å². The molecule has 0 saturated heterocycles. The summed E-state index contributed by atoms with van der Waals surface area (Å²) >= 11 is 0. The van der Waals surface area contributed by atoms with Crippen molar-refractivity contribution in [3.63, 3.8) is 0 Å². The molecular formula is C29H24N2O3. The number of imide groups is 1. The molecular weight excluding hydrogens is 424 g/mol. The lowest BCUT2D eigenvalue weighted by Gasteiger charge is -2.16. The Hall–Kier alpha value is -4.38. The van der Waals surface area contributed by atoms with Gasteiger partial charge in [-0.2, -0.15) is 0 Å². The van der Waals surface area contributed by atoms with E-state index in [4.69, 9.17) is 4.74 Å². The largest absolute Gasteiger partial charge is 0.497 e. The summed E-state index contributed by atoms with van der Waals surface area (Å²) in [5, 5.41) is 5.34. The van der Waals surface area contributed by atoms with Crippen LogP contribution < -0.4 is 15.0 Å². The van der Waals surface area contributed by atoms with Crippen LogP contribution in [0.15, 0.2) is 90.6 Å². The van der Waals surface area contributed by atoms with Crippen molar-refractivity contribution in [2.75, 3.05) is 17.3 Å². The topological polar surface area (TPSA) is 58.6 Å². The molecule has 0 spiro atoms. The number of fused-ring (bicyclic) bond motifs is 1. The average molecular weight is 449 g/mol. The highest BCUT2D eigenvalue weighted by molar-refractivity contribution is 6.46. The van der Waals surface area contributed by atoms with E-state index in [1.54, 1.807) is 31.4 Å². The first-order valence-corrected chi connectivity index (χ1v) is 11.1. The van der Waals surface area contributed by atoms with Crippen LogP contribution in [0.2, 0.25) is 0 Å². The van der Waals surface area contributed by atoms with Gasteiger partial charge in [0.25, 0.3) is 11.8 Å². The summed E-state index contributed by atoms with van der Waals surface area (Å²) in [4.78, 5) is 28.7. The summed E-state index contributed by atoms with van der Waals surface area (Å²) in [5.74, 6) is -0.0950. The van der Waals surface area contributed by atoms with Crippen LogP contribution in [0.1, 0.15) is 16.7 Å². The molecule has 1 N–H and O–H groups in total. The van der Waals surface area contributed by atoms with E-state index < -0.39 is 5.91 Å². The van der Waals surface area contributed by atoms with Crippen molar-refractivity contribution >= 4 is 39.5 Å². The molecule has 4 aromatic carbocycles. The summed E-state index contributed by atoms with van der Waals surface area (Å²) in [6, 6.07) is 26.6. The molecule has 1 heterocycles. The maximum absolute atomic E-state index is 13.7. The van der Waals surface area contributed by atoms with E-state index >= 15 is 0 Å². The van der Waals surface area contributed by atoms with Gasteiger partial charge in [-0.25, -0.2) is 4.90 Å². The van der Waals surface area contributed by atoms with E-state index in [0.29, 0.717) is 17.0 Å². The molecule has 5 heteroatoms. The summed E-state index contributed by atoms with van der Waals surface area (Å²) in [6.45, 7) is 3.96. The number of ether oxygens (including phenoxy) is 1. The van der Waals surface area contributed by atoms with Crippen LogP contribution in [0, 0.1) is 13.8 Å². The molecule has 0 bridgehead atoms. The van der Waals surface area contributed by atoms with Crippen molar-refractivity contribution in [1.82, 2.24) is 0 Å². The van der Waals surface area contributed by atoms with Gasteiger partial charge >= 0.3 is 0 Å². The van der Waals surface area contributed by atoms with Crippen molar-refractivity contribution in [3.05, 3.63) is 107 Å². The molecule has 0 atom stereocenters. The van der Waals surface area contributed by atoms with Crippen LogP contribution in [0.25, 0.3) is 16.3 Å². The number of amides is 2. The van der Waals surface area contributed by atoms with Gasteiger partial charge < -0.3 is 10.1 Å². The fraction of sp³-hybridized carbons (Fsp3) is 0.103. The number of anilines is 2. The Bertz CT molecular complexity index is 1460. The monoisotopic (exact) mass is 448 g/mol. The van der Waals surface area contributed by atoms with Crippen molar-refractivity contribution in [2.45, 2.75) is 13.8 Å². The molecule has 5 nitrogen and oxygen atoms in total. The molecule has 0 radical (unpaired) electrons. The second-order valence-corrected chi connectivity index (χ2v) is 8.36. The Morgan fingerprint density at radius 1 is 0.794 bits per heavy atom. The lowest BCUT2D eigenvalue weighted by molar-refractivity contribution is -0.120. The summed E-state index contributed by atoms with van der Waals surface area (Å²) in [6.07, 6.45) is 0. The number of aryl methyl sites for hydroxylation is 2. The van der Waals surface area contributed by atoms with Crippen molar-refractivity contribution in [3.8, 4) is 5.75 Å². The van der Waals surface area contributed by atoms with Gasteiger partial charge in [0.1, 0.15) is 11.4 Å².